The van der Waals surface area contributed by atoms with Gasteiger partial charge in [-0.25, -0.2) is 0 Å². The van der Waals surface area contributed by atoms with Gasteiger partial charge in [0, 0.05) is 19.8 Å². The van der Waals surface area contributed by atoms with Crippen molar-refractivity contribution in [3.8, 4) is 0 Å². The van der Waals surface area contributed by atoms with Crippen molar-refractivity contribution in [1.82, 2.24) is 0 Å². The number of carbonyl (C=O) groups is 1. The van der Waals surface area contributed by atoms with E-state index in [0.717, 1.165) is 11.3 Å². The molecule has 0 saturated carbocycles. The minimum absolute atomic E-state index is 0.528. The lowest BCUT2D eigenvalue weighted by atomic mass is 9.92. The van der Waals surface area contributed by atoms with Crippen molar-refractivity contribution in [2.24, 2.45) is 11.5 Å². The highest BCUT2D eigenvalue weighted by Crippen LogP contribution is 2.20. The Labute approximate surface area is 89.9 Å². The van der Waals surface area contributed by atoms with Gasteiger partial charge in [-0.05, 0) is 24.6 Å². The van der Waals surface area contributed by atoms with Gasteiger partial charge in [-0.2, -0.15) is 0 Å². The van der Waals surface area contributed by atoms with Crippen molar-refractivity contribution < 1.29 is 4.79 Å². The van der Waals surface area contributed by atoms with Crippen LogP contribution in [-0.4, -0.2) is 20.0 Å². The molecule has 0 aromatic heterocycles. The molecule has 0 bridgehead atoms. The molecular formula is C11H17N3O. The number of amides is 1. The third kappa shape index (κ3) is 2.27. The predicted octanol–water partition coefficient (Wildman–Crippen LogP) is 0.412. The van der Waals surface area contributed by atoms with Crippen LogP contribution in [0.4, 0.5) is 5.69 Å². The Balaban J connectivity index is 3.04. The van der Waals surface area contributed by atoms with E-state index < -0.39 is 11.4 Å². The normalized spacial score (nSPS) is 14.4. The summed E-state index contributed by atoms with van der Waals surface area (Å²) in [5.74, 6) is -0.528. The van der Waals surface area contributed by atoms with Crippen LogP contribution >= 0.6 is 0 Å². The van der Waals surface area contributed by atoms with Gasteiger partial charge in [0.25, 0.3) is 0 Å². The molecule has 15 heavy (non-hydrogen) atoms. The molecule has 1 aromatic rings. The summed E-state index contributed by atoms with van der Waals surface area (Å²) in [6.07, 6.45) is 0. The first-order chi connectivity index (χ1) is 6.85. The van der Waals surface area contributed by atoms with E-state index in [1.807, 2.05) is 43.3 Å². The van der Waals surface area contributed by atoms with Gasteiger partial charge in [-0.15, -0.1) is 0 Å². The predicted molar refractivity (Wildman–Crippen MR) is 61.5 cm³/mol. The van der Waals surface area contributed by atoms with Crippen molar-refractivity contribution in [2.75, 3.05) is 19.0 Å². The maximum Gasteiger partial charge on any atom is 0.241 e. The molecule has 0 aliphatic rings. The molecule has 0 heterocycles. The Morgan fingerprint density at radius 3 is 2.07 bits per heavy atom. The molecule has 1 amide bonds. The monoisotopic (exact) mass is 207 g/mol. The van der Waals surface area contributed by atoms with Crippen molar-refractivity contribution in [2.45, 2.75) is 12.5 Å². The molecular weight excluding hydrogens is 190 g/mol. The molecule has 0 radical (unpaired) electrons. The fourth-order valence-corrected chi connectivity index (χ4v) is 1.25. The standard InChI is InChI=1S/C11H17N3O/c1-11(13,10(12)15)8-4-6-9(7-5-8)14(2)3/h4-7H,13H2,1-3H3,(H2,12,15). The van der Waals surface area contributed by atoms with Crippen molar-refractivity contribution in [3.63, 3.8) is 0 Å². The maximum absolute atomic E-state index is 11.1. The van der Waals surface area contributed by atoms with E-state index >= 15 is 0 Å². The molecule has 4 heteroatoms. The Kier molecular flexibility index (Phi) is 3.00. The van der Waals surface area contributed by atoms with Crippen LogP contribution < -0.4 is 16.4 Å². The average molecular weight is 207 g/mol. The molecule has 0 aliphatic carbocycles. The van der Waals surface area contributed by atoms with Crippen LogP contribution in [0.3, 0.4) is 0 Å². The molecule has 4 N–H and O–H groups in total. The number of carbonyl (C=O) groups excluding carboxylic acids is 1. The highest BCUT2D eigenvalue weighted by molar-refractivity contribution is 5.85. The fraction of sp³-hybridized carbons (Fsp3) is 0.364. The Morgan fingerprint density at radius 1 is 1.27 bits per heavy atom. The summed E-state index contributed by atoms with van der Waals surface area (Å²) in [5, 5.41) is 0. The number of nitrogens with zero attached hydrogens (tertiary/aromatic N) is 1. The molecule has 0 spiro atoms. The zero-order valence-electron chi connectivity index (χ0n) is 9.32. The van der Waals surface area contributed by atoms with Gasteiger partial charge in [-0.3, -0.25) is 4.79 Å². The largest absolute Gasteiger partial charge is 0.378 e. The summed E-state index contributed by atoms with van der Waals surface area (Å²) >= 11 is 0. The lowest BCUT2D eigenvalue weighted by molar-refractivity contribution is -0.122. The van der Waals surface area contributed by atoms with Crippen LogP contribution in [-0.2, 0) is 10.3 Å². The van der Waals surface area contributed by atoms with Gasteiger partial charge >= 0.3 is 0 Å². The first-order valence-electron chi connectivity index (χ1n) is 4.72. The highest BCUT2D eigenvalue weighted by Gasteiger charge is 2.27. The van der Waals surface area contributed by atoms with E-state index in [4.69, 9.17) is 11.5 Å². The van der Waals surface area contributed by atoms with E-state index in [0.29, 0.717) is 0 Å². The second-order valence-corrected chi connectivity index (χ2v) is 4.01. The molecule has 1 rings (SSSR count). The average Bonchev–Trinajstić information content (AvgIpc) is 2.17. The molecule has 0 aliphatic heterocycles. The lowest BCUT2D eigenvalue weighted by Gasteiger charge is -2.22. The third-order valence-electron chi connectivity index (χ3n) is 2.50. The smallest absolute Gasteiger partial charge is 0.241 e. The minimum atomic E-state index is -1.11. The van der Waals surface area contributed by atoms with Crippen LogP contribution in [0.25, 0.3) is 0 Å². The Bertz CT molecular complexity index is 355. The molecule has 0 fully saturated rings. The Morgan fingerprint density at radius 2 is 1.73 bits per heavy atom. The maximum atomic E-state index is 11.1. The molecule has 1 atom stereocenters. The van der Waals surface area contributed by atoms with Gasteiger partial charge in [-0.1, -0.05) is 12.1 Å². The quantitative estimate of drug-likeness (QED) is 0.754. The van der Waals surface area contributed by atoms with E-state index in [1.54, 1.807) is 6.92 Å². The SMILES string of the molecule is CN(C)c1ccc(C(C)(N)C(N)=O)cc1. The van der Waals surface area contributed by atoms with Gasteiger partial charge in [0.05, 0.1) is 0 Å². The van der Waals surface area contributed by atoms with E-state index in [2.05, 4.69) is 0 Å². The van der Waals surface area contributed by atoms with Crippen molar-refractivity contribution >= 4 is 11.6 Å². The second kappa shape index (κ2) is 3.90. The minimum Gasteiger partial charge on any atom is -0.378 e. The van der Waals surface area contributed by atoms with Crippen molar-refractivity contribution in [1.29, 1.82) is 0 Å². The zero-order valence-corrected chi connectivity index (χ0v) is 9.32. The number of primary amides is 1. The topological polar surface area (TPSA) is 72.3 Å². The third-order valence-corrected chi connectivity index (χ3v) is 2.50. The highest BCUT2D eigenvalue weighted by atomic mass is 16.1. The summed E-state index contributed by atoms with van der Waals surface area (Å²) < 4.78 is 0. The molecule has 1 aromatic carbocycles. The number of rotatable bonds is 3. The van der Waals surface area contributed by atoms with E-state index in [9.17, 15) is 4.79 Å². The zero-order chi connectivity index (χ0) is 11.6. The van der Waals surface area contributed by atoms with Crippen LogP contribution in [0, 0.1) is 0 Å². The number of anilines is 1. The number of hydrogen-bond acceptors (Lipinski definition) is 3. The van der Waals surface area contributed by atoms with Gasteiger partial charge in [0.15, 0.2) is 0 Å². The van der Waals surface area contributed by atoms with E-state index in [-0.39, 0.29) is 0 Å². The van der Waals surface area contributed by atoms with Crippen LogP contribution in [0.5, 0.6) is 0 Å². The molecule has 1 unspecified atom stereocenters. The number of benzene rings is 1. The van der Waals surface area contributed by atoms with Gasteiger partial charge < -0.3 is 16.4 Å². The Hall–Kier alpha value is -1.55. The van der Waals surface area contributed by atoms with Crippen LogP contribution in [0.15, 0.2) is 24.3 Å². The van der Waals surface area contributed by atoms with Crippen LogP contribution in [0.1, 0.15) is 12.5 Å². The van der Waals surface area contributed by atoms with Crippen LogP contribution in [0.2, 0.25) is 0 Å². The van der Waals surface area contributed by atoms with Gasteiger partial charge in [0.1, 0.15) is 5.54 Å². The molecule has 82 valence electrons. The fourth-order valence-electron chi connectivity index (χ4n) is 1.25. The lowest BCUT2D eigenvalue weighted by Crippen LogP contribution is -2.46. The van der Waals surface area contributed by atoms with Crippen molar-refractivity contribution in [3.05, 3.63) is 29.8 Å². The first-order valence-corrected chi connectivity index (χ1v) is 4.72. The molecule has 0 saturated heterocycles. The summed E-state index contributed by atoms with van der Waals surface area (Å²) in [5.41, 5.74) is 11.7. The first kappa shape index (κ1) is 11.5. The summed E-state index contributed by atoms with van der Waals surface area (Å²) in [6, 6.07) is 7.45. The summed E-state index contributed by atoms with van der Waals surface area (Å²) in [6.45, 7) is 1.61. The number of nitrogens with two attached hydrogens (primary N) is 2. The number of hydrogen-bond donors (Lipinski definition) is 2. The van der Waals surface area contributed by atoms with Gasteiger partial charge in [0.2, 0.25) is 5.91 Å². The molecule has 4 nitrogen and oxygen atoms in total. The van der Waals surface area contributed by atoms with E-state index in [1.165, 1.54) is 0 Å². The summed E-state index contributed by atoms with van der Waals surface area (Å²) in [4.78, 5) is 13.1. The second-order valence-electron chi connectivity index (χ2n) is 4.01. The summed E-state index contributed by atoms with van der Waals surface area (Å²) in [7, 11) is 3.90.